The maximum absolute atomic E-state index is 12.8. The largest absolute Gasteiger partial charge is 0.417 e. The summed E-state index contributed by atoms with van der Waals surface area (Å²) in [7, 11) is 0. The van der Waals surface area contributed by atoms with Gasteiger partial charge in [0.1, 0.15) is 5.75 Å². The molecule has 0 aliphatic heterocycles. The van der Waals surface area contributed by atoms with Crippen molar-refractivity contribution in [3.05, 3.63) is 88.4 Å². The number of carbonyl (C=O) groups excluding carboxylic acids is 2. The number of ether oxygens (including phenoxy) is 1. The summed E-state index contributed by atoms with van der Waals surface area (Å²) in [6.07, 6.45) is -0.592. The minimum atomic E-state index is -0.836. The number of benzene rings is 3. The van der Waals surface area contributed by atoms with Crippen LogP contribution in [0, 0.1) is 0 Å². The molecule has 0 aliphatic rings. The second-order valence-electron chi connectivity index (χ2n) is 7.11. The van der Waals surface area contributed by atoms with Gasteiger partial charge in [-0.3, -0.25) is 10.1 Å². The van der Waals surface area contributed by atoms with Crippen LogP contribution in [0.4, 0.5) is 16.2 Å². The average molecular weight is 443 g/mol. The van der Waals surface area contributed by atoms with Crippen molar-refractivity contribution < 1.29 is 14.3 Å². The van der Waals surface area contributed by atoms with Gasteiger partial charge in [-0.2, -0.15) is 0 Å². The van der Waals surface area contributed by atoms with Crippen LogP contribution in [-0.2, 0) is 10.2 Å². The molecular formula is C23H20Cl2N2O3. The lowest BCUT2D eigenvalue weighted by atomic mass is 9.83. The second kappa shape index (κ2) is 9.20. The van der Waals surface area contributed by atoms with Crippen molar-refractivity contribution in [1.29, 1.82) is 0 Å². The van der Waals surface area contributed by atoms with Crippen molar-refractivity contribution in [2.75, 3.05) is 10.6 Å². The molecule has 0 spiro atoms. The molecule has 3 aromatic rings. The molecule has 0 fully saturated rings. The standard InChI is InChI=1S/C23H20Cl2N2O3/c1-23(2,21(28)26-17-10-13-19(24)20(25)14-17)15-8-11-18(12-9-15)30-22(29)27-16-6-4-3-5-7-16/h3-14H,1-2H3,(H,26,28)(H,27,29). The zero-order chi connectivity index (χ0) is 21.7. The Bertz CT molecular complexity index is 1050. The molecule has 0 atom stereocenters. The first-order chi connectivity index (χ1) is 14.3. The van der Waals surface area contributed by atoms with Gasteiger partial charge >= 0.3 is 6.09 Å². The van der Waals surface area contributed by atoms with E-state index in [1.54, 1.807) is 68.4 Å². The van der Waals surface area contributed by atoms with Gasteiger partial charge in [0.25, 0.3) is 0 Å². The summed E-state index contributed by atoms with van der Waals surface area (Å²) in [5.74, 6) is 0.157. The van der Waals surface area contributed by atoms with Gasteiger partial charge < -0.3 is 10.1 Å². The van der Waals surface area contributed by atoms with Crippen molar-refractivity contribution in [3.8, 4) is 5.75 Å². The first-order valence-corrected chi connectivity index (χ1v) is 9.92. The Hall–Kier alpha value is -3.02. The summed E-state index contributed by atoms with van der Waals surface area (Å²) in [6.45, 7) is 3.61. The smallest absolute Gasteiger partial charge is 0.410 e. The number of rotatable bonds is 5. The minimum absolute atomic E-state index is 0.212. The molecule has 3 rings (SSSR count). The maximum Gasteiger partial charge on any atom is 0.417 e. The van der Waals surface area contributed by atoms with E-state index in [-0.39, 0.29) is 5.91 Å². The molecule has 0 bridgehead atoms. The highest BCUT2D eigenvalue weighted by atomic mass is 35.5. The Balaban J connectivity index is 1.65. The molecule has 2 N–H and O–H groups in total. The Morgan fingerprint density at radius 3 is 2.10 bits per heavy atom. The molecule has 0 aliphatic carbocycles. The van der Waals surface area contributed by atoms with E-state index >= 15 is 0 Å². The number of para-hydroxylation sites is 1. The number of anilines is 2. The molecular weight excluding hydrogens is 423 g/mol. The summed E-state index contributed by atoms with van der Waals surface area (Å²) in [5.41, 5.74) is 1.12. The van der Waals surface area contributed by atoms with E-state index in [0.717, 1.165) is 5.56 Å². The third-order valence-electron chi connectivity index (χ3n) is 4.55. The van der Waals surface area contributed by atoms with Crippen LogP contribution in [0.25, 0.3) is 0 Å². The molecule has 0 saturated heterocycles. The van der Waals surface area contributed by atoms with E-state index in [4.69, 9.17) is 27.9 Å². The third kappa shape index (κ3) is 5.32. The highest BCUT2D eigenvalue weighted by molar-refractivity contribution is 6.42. The number of hydrogen-bond donors (Lipinski definition) is 2. The van der Waals surface area contributed by atoms with Gasteiger partial charge in [-0.25, -0.2) is 4.79 Å². The first kappa shape index (κ1) is 21.7. The van der Waals surface area contributed by atoms with Crippen LogP contribution in [0.15, 0.2) is 72.8 Å². The van der Waals surface area contributed by atoms with Crippen molar-refractivity contribution in [2.24, 2.45) is 0 Å². The number of hydrogen-bond acceptors (Lipinski definition) is 3. The number of amides is 2. The van der Waals surface area contributed by atoms with Gasteiger partial charge in [-0.15, -0.1) is 0 Å². The predicted molar refractivity (Wildman–Crippen MR) is 121 cm³/mol. The molecule has 0 heterocycles. The molecule has 30 heavy (non-hydrogen) atoms. The van der Waals surface area contributed by atoms with E-state index in [0.29, 0.717) is 27.2 Å². The summed E-state index contributed by atoms with van der Waals surface area (Å²) in [5, 5.41) is 6.27. The Morgan fingerprint density at radius 2 is 1.47 bits per heavy atom. The zero-order valence-electron chi connectivity index (χ0n) is 16.4. The van der Waals surface area contributed by atoms with Crippen LogP contribution in [0.2, 0.25) is 10.0 Å². The normalized spacial score (nSPS) is 10.9. The summed E-state index contributed by atoms with van der Waals surface area (Å²) in [4.78, 5) is 24.8. The number of halogens is 2. The Labute approximate surface area is 185 Å². The van der Waals surface area contributed by atoms with E-state index in [1.165, 1.54) is 0 Å². The number of nitrogens with one attached hydrogen (secondary N) is 2. The van der Waals surface area contributed by atoms with Crippen molar-refractivity contribution in [1.82, 2.24) is 0 Å². The van der Waals surface area contributed by atoms with Crippen LogP contribution in [0.5, 0.6) is 5.75 Å². The molecule has 0 saturated carbocycles. The molecule has 7 heteroatoms. The molecule has 3 aromatic carbocycles. The number of carbonyl (C=O) groups is 2. The van der Waals surface area contributed by atoms with Crippen LogP contribution >= 0.6 is 23.2 Å². The van der Waals surface area contributed by atoms with Crippen LogP contribution < -0.4 is 15.4 Å². The van der Waals surface area contributed by atoms with E-state index < -0.39 is 11.5 Å². The molecule has 2 amide bonds. The van der Waals surface area contributed by atoms with Gasteiger partial charge in [0.05, 0.1) is 15.5 Å². The van der Waals surface area contributed by atoms with Crippen LogP contribution in [-0.4, -0.2) is 12.0 Å². The van der Waals surface area contributed by atoms with Crippen LogP contribution in [0.3, 0.4) is 0 Å². The quantitative estimate of drug-likeness (QED) is 0.472. The fraction of sp³-hybridized carbons (Fsp3) is 0.130. The predicted octanol–water partition coefficient (Wildman–Crippen LogP) is 6.52. The van der Waals surface area contributed by atoms with Gasteiger partial charge in [0, 0.05) is 11.4 Å². The zero-order valence-corrected chi connectivity index (χ0v) is 17.9. The summed E-state index contributed by atoms with van der Waals surface area (Å²) >= 11 is 11.9. The molecule has 0 aromatic heterocycles. The topological polar surface area (TPSA) is 67.4 Å². The van der Waals surface area contributed by atoms with E-state index in [2.05, 4.69) is 10.6 Å². The van der Waals surface area contributed by atoms with E-state index in [1.807, 2.05) is 18.2 Å². The highest BCUT2D eigenvalue weighted by Crippen LogP contribution is 2.29. The Morgan fingerprint density at radius 1 is 0.800 bits per heavy atom. The van der Waals surface area contributed by atoms with Crippen LogP contribution in [0.1, 0.15) is 19.4 Å². The van der Waals surface area contributed by atoms with Crippen molar-refractivity contribution >= 4 is 46.6 Å². The SMILES string of the molecule is CC(C)(C(=O)Nc1ccc(Cl)c(Cl)c1)c1ccc(OC(=O)Nc2ccccc2)cc1. The van der Waals surface area contributed by atoms with Gasteiger partial charge in [0.15, 0.2) is 0 Å². The molecule has 0 unspecified atom stereocenters. The van der Waals surface area contributed by atoms with E-state index in [9.17, 15) is 9.59 Å². The molecule has 0 radical (unpaired) electrons. The molecule has 154 valence electrons. The Kier molecular flexibility index (Phi) is 6.65. The van der Waals surface area contributed by atoms with Gasteiger partial charge in [-0.1, -0.05) is 53.5 Å². The van der Waals surface area contributed by atoms with Gasteiger partial charge in [0.2, 0.25) is 5.91 Å². The lowest BCUT2D eigenvalue weighted by Crippen LogP contribution is -2.34. The lowest BCUT2D eigenvalue weighted by Gasteiger charge is -2.24. The minimum Gasteiger partial charge on any atom is -0.410 e. The first-order valence-electron chi connectivity index (χ1n) is 9.16. The fourth-order valence-electron chi connectivity index (χ4n) is 2.70. The average Bonchev–Trinajstić information content (AvgIpc) is 2.72. The third-order valence-corrected chi connectivity index (χ3v) is 5.29. The van der Waals surface area contributed by atoms with Crippen molar-refractivity contribution in [2.45, 2.75) is 19.3 Å². The van der Waals surface area contributed by atoms with Gasteiger partial charge in [-0.05, 0) is 61.9 Å². The summed E-state index contributed by atoms with van der Waals surface area (Å²) in [6, 6.07) is 20.7. The van der Waals surface area contributed by atoms with Crippen molar-refractivity contribution in [3.63, 3.8) is 0 Å². The lowest BCUT2D eigenvalue weighted by molar-refractivity contribution is -0.120. The summed E-state index contributed by atoms with van der Waals surface area (Å²) < 4.78 is 5.29. The second-order valence-corrected chi connectivity index (χ2v) is 7.93. The molecule has 5 nitrogen and oxygen atoms in total. The fourth-order valence-corrected chi connectivity index (χ4v) is 3.00. The highest BCUT2D eigenvalue weighted by Gasteiger charge is 2.30. The monoisotopic (exact) mass is 442 g/mol. The maximum atomic E-state index is 12.8.